The molecule has 4 aromatic rings. The van der Waals surface area contributed by atoms with Crippen molar-refractivity contribution >= 4 is 5.97 Å². The van der Waals surface area contributed by atoms with E-state index < -0.39 is 0 Å². The molecular formula is C32H30O6. The number of phenolic OH excluding ortho intramolecular Hbond substituents is 4. The normalized spacial score (nSPS) is 12.7. The number of fused-ring (bicyclic) bond motifs is 8. The molecule has 0 aliphatic heterocycles. The number of carbonyl (C=O) groups is 1. The number of aromatic hydroxyl groups is 4. The van der Waals surface area contributed by atoms with E-state index in [4.69, 9.17) is 4.74 Å². The van der Waals surface area contributed by atoms with E-state index in [0.29, 0.717) is 62.9 Å². The first-order chi connectivity index (χ1) is 18.3. The Morgan fingerprint density at radius 3 is 1.26 bits per heavy atom. The van der Waals surface area contributed by atoms with E-state index >= 15 is 0 Å². The van der Waals surface area contributed by atoms with Gasteiger partial charge in [0.05, 0.1) is 13.0 Å². The minimum absolute atomic E-state index is 0.0418. The summed E-state index contributed by atoms with van der Waals surface area (Å²) in [5.74, 6) is 0.0312. The fraction of sp³-hybridized carbons (Fsp3) is 0.219. The molecule has 1 aliphatic carbocycles. The number of hydrogen-bond donors (Lipinski definition) is 4. The Labute approximate surface area is 221 Å². The van der Waals surface area contributed by atoms with E-state index in [9.17, 15) is 25.2 Å². The molecular weight excluding hydrogens is 480 g/mol. The molecule has 0 saturated carbocycles. The van der Waals surface area contributed by atoms with Crippen LogP contribution in [-0.4, -0.2) is 33.0 Å². The Morgan fingerprint density at radius 1 is 0.605 bits per heavy atom. The third-order valence-electron chi connectivity index (χ3n) is 7.11. The molecule has 38 heavy (non-hydrogen) atoms. The molecule has 0 radical (unpaired) electrons. The molecule has 4 N–H and O–H groups in total. The highest BCUT2D eigenvalue weighted by Gasteiger charge is 2.20. The van der Waals surface area contributed by atoms with Gasteiger partial charge in [-0.25, -0.2) is 0 Å². The zero-order chi connectivity index (χ0) is 26.8. The summed E-state index contributed by atoms with van der Waals surface area (Å²) in [7, 11) is 0. The molecule has 1 aliphatic rings. The van der Waals surface area contributed by atoms with Crippen LogP contribution in [0.3, 0.4) is 0 Å². The maximum Gasteiger partial charge on any atom is 0.310 e. The second-order valence-electron chi connectivity index (χ2n) is 9.73. The minimum atomic E-state index is -0.368. The molecule has 5 rings (SSSR count). The van der Waals surface area contributed by atoms with Gasteiger partial charge in [0.25, 0.3) is 0 Å². The standard InChI is InChI=1S/C32H30O6/c1-2-38-28(33)14-19-12-26-17-24-10-4-8-22(30(24)35)15-20-6-3-7-21(29(20)34)16-23-9-5-11-25(31(23)36)18-27(13-19)32(26)37/h3-13,34-37H,2,14-18H2,1H3. The molecule has 0 spiro atoms. The zero-order valence-corrected chi connectivity index (χ0v) is 21.2. The summed E-state index contributed by atoms with van der Waals surface area (Å²) < 4.78 is 5.14. The van der Waals surface area contributed by atoms with Gasteiger partial charge in [0, 0.05) is 25.7 Å². The molecule has 4 aromatic carbocycles. The quantitative estimate of drug-likeness (QED) is 0.246. The lowest BCUT2D eigenvalue weighted by atomic mass is 9.90. The fourth-order valence-corrected chi connectivity index (χ4v) is 5.19. The third kappa shape index (κ3) is 5.02. The van der Waals surface area contributed by atoms with Crippen LogP contribution in [0.25, 0.3) is 0 Å². The van der Waals surface area contributed by atoms with Crippen LogP contribution in [0.2, 0.25) is 0 Å². The second kappa shape index (κ2) is 10.5. The van der Waals surface area contributed by atoms with Gasteiger partial charge in [-0.15, -0.1) is 0 Å². The highest BCUT2D eigenvalue weighted by Crippen LogP contribution is 2.37. The van der Waals surface area contributed by atoms with Crippen molar-refractivity contribution in [2.45, 2.75) is 39.0 Å². The lowest BCUT2D eigenvalue weighted by molar-refractivity contribution is -0.142. The van der Waals surface area contributed by atoms with Crippen LogP contribution in [0.1, 0.15) is 57.0 Å². The maximum atomic E-state index is 12.3. The van der Waals surface area contributed by atoms with Crippen molar-refractivity contribution in [3.8, 4) is 23.0 Å². The number of rotatable bonds is 3. The summed E-state index contributed by atoms with van der Waals surface area (Å²) >= 11 is 0. The molecule has 6 nitrogen and oxygen atoms in total. The second-order valence-corrected chi connectivity index (χ2v) is 9.73. The van der Waals surface area contributed by atoms with Crippen molar-refractivity contribution < 1.29 is 30.0 Å². The number of benzene rings is 4. The number of phenols is 4. The summed E-state index contributed by atoms with van der Waals surface area (Å²) in [6.07, 6.45) is 1.12. The summed E-state index contributed by atoms with van der Waals surface area (Å²) in [5.41, 5.74) is 5.65. The van der Waals surface area contributed by atoms with Crippen molar-refractivity contribution in [1.82, 2.24) is 0 Å². The first-order valence-corrected chi connectivity index (χ1v) is 12.7. The van der Waals surface area contributed by atoms with Gasteiger partial charge in [-0.1, -0.05) is 66.7 Å². The lowest BCUT2D eigenvalue weighted by Crippen LogP contribution is -2.09. The number of carbonyl (C=O) groups excluding carboxylic acids is 1. The molecule has 194 valence electrons. The highest BCUT2D eigenvalue weighted by molar-refractivity contribution is 5.73. The summed E-state index contributed by atoms with van der Waals surface area (Å²) in [4.78, 5) is 12.3. The monoisotopic (exact) mass is 510 g/mol. The van der Waals surface area contributed by atoms with Crippen molar-refractivity contribution in [1.29, 1.82) is 0 Å². The zero-order valence-electron chi connectivity index (χ0n) is 21.2. The van der Waals surface area contributed by atoms with Gasteiger partial charge in [-0.2, -0.15) is 0 Å². The Hall–Kier alpha value is -4.45. The number of para-hydroxylation sites is 3. The SMILES string of the molecule is CCOC(=O)Cc1cc2c(O)c(c1)Cc1cccc(c1O)Cc1cccc(c1O)Cc1cccc(c1O)C2. The van der Waals surface area contributed by atoms with Gasteiger partial charge < -0.3 is 25.2 Å². The Balaban J connectivity index is 1.69. The van der Waals surface area contributed by atoms with E-state index in [1.807, 2.05) is 42.5 Å². The molecule has 0 atom stereocenters. The van der Waals surface area contributed by atoms with Gasteiger partial charge in [0.15, 0.2) is 0 Å². The van der Waals surface area contributed by atoms with Crippen LogP contribution in [0.15, 0.2) is 66.7 Å². The Kier molecular flexibility index (Phi) is 6.97. The van der Waals surface area contributed by atoms with Gasteiger partial charge in [-0.05, 0) is 57.0 Å². The van der Waals surface area contributed by atoms with E-state index in [1.54, 1.807) is 31.2 Å². The number of hydrogen-bond acceptors (Lipinski definition) is 6. The third-order valence-corrected chi connectivity index (χ3v) is 7.11. The van der Waals surface area contributed by atoms with Crippen molar-refractivity contribution in [3.05, 3.63) is 117 Å². The topological polar surface area (TPSA) is 107 Å². The van der Waals surface area contributed by atoms with E-state index in [0.717, 1.165) is 0 Å². The molecule has 0 fully saturated rings. The van der Waals surface area contributed by atoms with Crippen LogP contribution in [0.5, 0.6) is 23.0 Å². The van der Waals surface area contributed by atoms with Crippen LogP contribution < -0.4 is 0 Å². The molecule has 0 unspecified atom stereocenters. The van der Waals surface area contributed by atoms with Crippen molar-refractivity contribution in [2.75, 3.05) is 6.61 Å². The van der Waals surface area contributed by atoms with Gasteiger partial charge in [0.2, 0.25) is 0 Å². The molecule has 0 saturated heterocycles. The average Bonchev–Trinajstić information content (AvgIpc) is 2.88. The van der Waals surface area contributed by atoms with E-state index in [1.165, 1.54) is 0 Å². The van der Waals surface area contributed by atoms with Crippen molar-refractivity contribution in [3.63, 3.8) is 0 Å². The van der Waals surface area contributed by atoms with Gasteiger partial charge in [0.1, 0.15) is 23.0 Å². The molecule has 0 amide bonds. The molecule has 6 heteroatoms. The Bertz CT molecular complexity index is 1420. The summed E-state index contributed by atoms with van der Waals surface area (Å²) in [6.45, 7) is 2.03. The molecule has 0 heterocycles. The first-order valence-electron chi connectivity index (χ1n) is 12.7. The van der Waals surface area contributed by atoms with Crippen LogP contribution >= 0.6 is 0 Å². The highest BCUT2D eigenvalue weighted by atomic mass is 16.5. The van der Waals surface area contributed by atoms with Gasteiger partial charge in [-0.3, -0.25) is 4.79 Å². The van der Waals surface area contributed by atoms with E-state index in [2.05, 4.69) is 0 Å². The maximum absolute atomic E-state index is 12.3. The minimum Gasteiger partial charge on any atom is -0.507 e. The first kappa shape index (κ1) is 25.2. The average molecular weight is 511 g/mol. The van der Waals surface area contributed by atoms with Crippen LogP contribution in [0.4, 0.5) is 0 Å². The van der Waals surface area contributed by atoms with Gasteiger partial charge >= 0.3 is 5.97 Å². The summed E-state index contributed by atoms with van der Waals surface area (Å²) in [6, 6.07) is 19.9. The molecule has 0 aromatic heterocycles. The smallest absolute Gasteiger partial charge is 0.310 e. The van der Waals surface area contributed by atoms with Crippen LogP contribution in [-0.2, 0) is 41.6 Å². The lowest BCUT2D eigenvalue weighted by Gasteiger charge is -2.18. The predicted octanol–water partition coefficient (Wildman–Crippen LogP) is 5.29. The Morgan fingerprint density at radius 2 is 0.921 bits per heavy atom. The van der Waals surface area contributed by atoms with Crippen molar-refractivity contribution in [2.24, 2.45) is 0 Å². The molecule has 8 bridgehead atoms. The van der Waals surface area contributed by atoms with E-state index in [-0.39, 0.29) is 54.8 Å². The fourth-order valence-electron chi connectivity index (χ4n) is 5.19. The number of ether oxygens (including phenoxy) is 1. The summed E-state index contributed by atoms with van der Waals surface area (Å²) in [5, 5.41) is 44.7. The van der Waals surface area contributed by atoms with Crippen LogP contribution in [0, 0.1) is 0 Å². The largest absolute Gasteiger partial charge is 0.507 e. The predicted molar refractivity (Wildman–Crippen MR) is 144 cm³/mol. The number of esters is 1.